The molecular formula is C13H12FN3O2. The number of hydrogen-bond donors (Lipinski definition) is 1. The normalized spacial score (nSPS) is 10.5. The molecule has 19 heavy (non-hydrogen) atoms. The van der Waals surface area contributed by atoms with Gasteiger partial charge in [-0.2, -0.15) is 0 Å². The molecule has 0 aliphatic carbocycles. The number of halogens is 1. The van der Waals surface area contributed by atoms with Crippen LogP contribution in [0.1, 0.15) is 11.1 Å². The van der Waals surface area contributed by atoms with Gasteiger partial charge in [-0.15, -0.1) is 0 Å². The molecule has 0 radical (unpaired) electrons. The number of nitrogens with zero attached hydrogens (tertiary/aromatic N) is 2. The van der Waals surface area contributed by atoms with Gasteiger partial charge in [-0.25, -0.2) is 9.37 Å². The van der Waals surface area contributed by atoms with E-state index >= 15 is 0 Å². The van der Waals surface area contributed by atoms with Crippen molar-refractivity contribution in [1.82, 2.24) is 4.98 Å². The first-order valence-electron chi connectivity index (χ1n) is 5.58. The van der Waals surface area contributed by atoms with Crippen molar-refractivity contribution in [3.63, 3.8) is 0 Å². The number of aryl methyl sites for hydroxylation is 2. The van der Waals surface area contributed by atoms with Crippen molar-refractivity contribution >= 4 is 11.5 Å². The molecule has 2 rings (SSSR count). The van der Waals surface area contributed by atoms with E-state index in [1.54, 1.807) is 19.9 Å². The van der Waals surface area contributed by atoms with E-state index in [1.165, 1.54) is 18.2 Å². The highest BCUT2D eigenvalue weighted by Gasteiger charge is 2.22. The van der Waals surface area contributed by atoms with Crippen LogP contribution in [0.15, 0.2) is 24.3 Å². The van der Waals surface area contributed by atoms with Crippen molar-refractivity contribution < 1.29 is 9.31 Å². The molecule has 0 unspecified atom stereocenters. The molecule has 0 aliphatic heterocycles. The van der Waals surface area contributed by atoms with Gasteiger partial charge in [0.15, 0.2) is 5.69 Å². The Kier molecular flexibility index (Phi) is 3.16. The van der Waals surface area contributed by atoms with Gasteiger partial charge in [0.25, 0.3) is 5.69 Å². The van der Waals surface area contributed by atoms with Crippen molar-refractivity contribution in [2.75, 3.05) is 5.73 Å². The lowest BCUT2D eigenvalue weighted by Gasteiger charge is -2.09. The lowest BCUT2D eigenvalue weighted by Crippen LogP contribution is -2.01. The number of nitro groups is 1. The standard InChI is InChI=1S/C13H12FN3O2/c1-7-5-8(2)12(9(14)6-7)13-10(17(18)19)3-4-11(15)16-13/h3-6H,1-2H3,(H2,15,16). The minimum absolute atomic E-state index is 0.0417. The maximum Gasteiger partial charge on any atom is 0.295 e. The maximum atomic E-state index is 14.1. The number of pyridine rings is 1. The Balaban J connectivity index is 2.78. The predicted molar refractivity (Wildman–Crippen MR) is 70.2 cm³/mol. The quantitative estimate of drug-likeness (QED) is 0.665. The molecule has 0 spiro atoms. The molecule has 0 amide bonds. The maximum absolute atomic E-state index is 14.1. The molecule has 98 valence electrons. The molecular weight excluding hydrogens is 249 g/mol. The van der Waals surface area contributed by atoms with Gasteiger partial charge in [0.05, 0.1) is 4.92 Å². The second-order valence-electron chi connectivity index (χ2n) is 4.30. The minimum atomic E-state index is -0.597. The van der Waals surface area contributed by atoms with Gasteiger partial charge in [0.1, 0.15) is 11.6 Å². The fraction of sp³-hybridized carbons (Fsp3) is 0.154. The first kappa shape index (κ1) is 12.9. The van der Waals surface area contributed by atoms with E-state index in [0.717, 1.165) is 5.56 Å². The highest BCUT2D eigenvalue weighted by Crippen LogP contribution is 2.33. The van der Waals surface area contributed by atoms with Crippen LogP contribution in [0.2, 0.25) is 0 Å². The Morgan fingerprint density at radius 3 is 2.58 bits per heavy atom. The number of rotatable bonds is 2. The monoisotopic (exact) mass is 261 g/mol. The predicted octanol–water partition coefficient (Wildman–Crippen LogP) is 2.99. The molecule has 1 aromatic heterocycles. The lowest BCUT2D eigenvalue weighted by molar-refractivity contribution is -0.384. The lowest BCUT2D eigenvalue weighted by atomic mass is 10.0. The molecule has 1 aromatic carbocycles. The Hall–Kier alpha value is -2.50. The molecule has 0 saturated heterocycles. The third kappa shape index (κ3) is 2.37. The molecule has 0 fully saturated rings. The van der Waals surface area contributed by atoms with Crippen LogP contribution in [0.3, 0.4) is 0 Å². The molecule has 1 heterocycles. The third-order valence-electron chi connectivity index (χ3n) is 2.76. The summed E-state index contributed by atoms with van der Waals surface area (Å²) < 4.78 is 14.1. The zero-order valence-electron chi connectivity index (χ0n) is 10.5. The van der Waals surface area contributed by atoms with Crippen molar-refractivity contribution in [2.24, 2.45) is 0 Å². The fourth-order valence-corrected chi connectivity index (χ4v) is 2.01. The average Bonchev–Trinajstić information content (AvgIpc) is 2.27. The van der Waals surface area contributed by atoms with E-state index in [2.05, 4.69) is 4.98 Å². The second-order valence-corrected chi connectivity index (χ2v) is 4.30. The van der Waals surface area contributed by atoms with Crippen molar-refractivity contribution in [2.45, 2.75) is 13.8 Å². The first-order valence-corrected chi connectivity index (χ1v) is 5.58. The molecule has 2 N–H and O–H groups in total. The second kappa shape index (κ2) is 4.64. The molecule has 0 atom stereocenters. The number of nitrogen functional groups attached to an aromatic ring is 1. The van der Waals surface area contributed by atoms with Gasteiger partial charge in [-0.1, -0.05) is 6.07 Å². The summed E-state index contributed by atoms with van der Waals surface area (Å²) in [6.45, 7) is 3.43. The van der Waals surface area contributed by atoms with Crippen molar-refractivity contribution in [1.29, 1.82) is 0 Å². The molecule has 2 aromatic rings. The topological polar surface area (TPSA) is 82.0 Å². The fourth-order valence-electron chi connectivity index (χ4n) is 2.01. The van der Waals surface area contributed by atoms with E-state index in [-0.39, 0.29) is 22.8 Å². The Bertz CT molecular complexity index is 648. The summed E-state index contributed by atoms with van der Waals surface area (Å²) in [5, 5.41) is 11.0. The van der Waals surface area contributed by atoms with Gasteiger partial charge in [-0.05, 0) is 37.1 Å². The summed E-state index contributed by atoms with van der Waals surface area (Å²) >= 11 is 0. The Morgan fingerprint density at radius 2 is 2.00 bits per heavy atom. The number of nitrogens with two attached hydrogens (primary N) is 1. The van der Waals surface area contributed by atoms with Gasteiger partial charge in [-0.3, -0.25) is 10.1 Å². The van der Waals surface area contributed by atoms with E-state index in [9.17, 15) is 14.5 Å². The van der Waals surface area contributed by atoms with Crippen LogP contribution in [0.25, 0.3) is 11.3 Å². The van der Waals surface area contributed by atoms with Gasteiger partial charge < -0.3 is 5.73 Å². The van der Waals surface area contributed by atoms with Crippen LogP contribution >= 0.6 is 0 Å². The van der Waals surface area contributed by atoms with E-state index in [4.69, 9.17) is 5.73 Å². The first-order chi connectivity index (χ1) is 8.90. The molecule has 5 nitrogen and oxygen atoms in total. The Labute approximate surface area is 109 Å². The van der Waals surface area contributed by atoms with Crippen LogP contribution in [-0.4, -0.2) is 9.91 Å². The molecule has 0 saturated carbocycles. The largest absolute Gasteiger partial charge is 0.384 e. The third-order valence-corrected chi connectivity index (χ3v) is 2.76. The summed E-state index contributed by atoms with van der Waals surface area (Å²) in [5.41, 5.74) is 6.67. The molecule has 0 bridgehead atoms. The summed E-state index contributed by atoms with van der Waals surface area (Å²) in [6.07, 6.45) is 0. The highest BCUT2D eigenvalue weighted by molar-refractivity contribution is 5.74. The molecule has 6 heteroatoms. The van der Waals surface area contributed by atoms with Gasteiger partial charge >= 0.3 is 0 Å². The zero-order valence-corrected chi connectivity index (χ0v) is 10.5. The zero-order chi connectivity index (χ0) is 14.2. The number of hydrogen-bond acceptors (Lipinski definition) is 4. The van der Waals surface area contributed by atoms with Crippen LogP contribution in [0.5, 0.6) is 0 Å². The van der Waals surface area contributed by atoms with E-state index in [0.29, 0.717) is 5.56 Å². The van der Waals surface area contributed by atoms with Crippen LogP contribution in [0, 0.1) is 29.8 Å². The van der Waals surface area contributed by atoms with E-state index in [1.807, 2.05) is 0 Å². The summed E-state index contributed by atoms with van der Waals surface area (Å²) in [4.78, 5) is 14.3. The number of benzene rings is 1. The highest BCUT2D eigenvalue weighted by atomic mass is 19.1. The number of anilines is 1. The Morgan fingerprint density at radius 1 is 1.32 bits per heavy atom. The van der Waals surface area contributed by atoms with Crippen LogP contribution in [0.4, 0.5) is 15.9 Å². The van der Waals surface area contributed by atoms with Gasteiger partial charge in [0.2, 0.25) is 0 Å². The number of aromatic nitrogens is 1. The van der Waals surface area contributed by atoms with Crippen LogP contribution < -0.4 is 5.73 Å². The summed E-state index contributed by atoms with van der Waals surface area (Å²) in [5.74, 6) is -0.432. The molecule has 0 aliphatic rings. The average molecular weight is 261 g/mol. The van der Waals surface area contributed by atoms with Crippen molar-refractivity contribution in [3.05, 3.63) is 51.3 Å². The smallest absolute Gasteiger partial charge is 0.295 e. The minimum Gasteiger partial charge on any atom is -0.384 e. The van der Waals surface area contributed by atoms with Crippen molar-refractivity contribution in [3.8, 4) is 11.3 Å². The summed E-state index contributed by atoms with van der Waals surface area (Å²) in [6, 6.07) is 5.61. The van der Waals surface area contributed by atoms with Crippen LogP contribution in [-0.2, 0) is 0 Å². The van der Waals surface area contributed by atoms with Gasteiger partial charge in [0, 0.05) is 11.6 Å². The SMILES string of the molecule is Cc1cc(C)c(-c2nc(N)ccc2[N+](=O)[O-])c(F)c1. The summed E-state index contributed by atoms with van der Waals surface area (Å²) in [7, 11) is 0. The van der Waals surface area contributed by atoms with E-state index < -0.39 is 10.7 Å².